The molecule has 258 valence electrons. The van der Waals surface area contributed by atoms with Gasteiger partial charge >= 0.3 is 30.2 Å². The molecule has 2 saturated heterocycles. The molecule has 2 fully saturated rings. The Labute approximate surface area is 275 Å². The first kappa shape index (κ1) is 38.5. The molecule has 13 heteroatoms. The summed E-state index contributed by atoms with van der Waals surface area (Å²) in [4.78, 5) is 55.4. The minimum atomic E-state index is -0.778. The van der Waals surface area contributed by atoms with E-state index in [1.54, 1.807) is 6.92 Å². The van der Waals surface area contributed by atoms with E-state index in [0.717, 1.165) is 37.2 Å². The van der Waals surface area contributed by atoms with E-state index in [-0.39, 0.29) is 19.1 Å². The lowest BCUT2D eigenvalue weighted by atomic mass is 10.0. The molecule has 2 unspecified atom stereocenters. The quantitative estimate of drug-likeness (QED) is 0.0848. The molecular formula is C34H47N3O10. The fourth-order valence-corrected chi connectivity index (χ4v) is 4.20. The summed E-state index contributed by atoms with van der Waals surface area (Å²) in [6, 6.07) is 18.3. The van der Waals surface area contributed by atoms with Gasteiger partial charge in [0.25, 0.3) is 0 Å². The third kappa shape index (κ3) is 18.8. The van der Waals surface area contributed by atoms with Crippen molar-refractivity contribution >= 4 is 30.2 Å². The molecule has 2 aromatic carbocycles. The lowest BCUT2D eigenvalue weighted by molar-refractivity contribution is -0.141. The van der Waals surface area contributed by atoms with Gasteiger partial charge in [0.2, 0.25) is 0 Å². The molecule has 0 spiro atoms. The summed E-state index contributed by atoms with van der Waals surface area (Å²) in [7, 11) is 0. The second-order valence-corrected chi connectivity index (χ2v) is 10.9. The number of carbonyl (C=O) groups is 5. The van der Waals surface area contributed by atoms with Crippen LogP contribution >= 0.6 is 0 Å². The number of esters is 1. The maximum Gasteiger partial charge on any atom is 0.415 e. The van der Waals surface area contributed by atoms with Gasteiger partial charge in [-0.2, -0.15) is 0 Å². The molecule has 3 amide bonds. The monoisotopic (exact) mass is 657 g/mol. The fraction of sp³-hybridized carbons (Fsp3) is 0.500. The van der Waals surface area contributed by atoms with Crippen LogP contribution in [0.25, 0.3) is 0 Å². The van der Waals surface area contributed by atoms with Crippen LogP contribution in [0.15, 0.2) is 60.7 Å². The van der Waals surface area contributed by atoms with E-state index in [0.29, 0.717) is 38.8 Å². The number of rotatable bonds is 15. The Hall–Kier alpha value is -4.65. The molecule has 2 aliphatic rings. The number of carboxylic acids is 1. The molecule has 0 aromatic heterocycles. The number of cyclic esters (lactones) is 2. The molecule has 2 aromatic rings. The highest BCUT2D eigenvalue weighted by atomic mass is 16.6. The summed E-state index contributed by atoms with van der Waals surface area (Å²) >= 11 is 0. The zero-order valence-electron chi connectivity index (χ0n) is 26.9. The number of carboxylic acid groups (broad SMARTS) is 1. The van der Waals surface area contributed by atoms with Gasteiger partial charge in [-0.3, -0.25) is 4.79 Å². The molecular weight excluding hydrogens is 610 g/mol. The summed E-state index contributed by atoms with van der Waals surface area (Å²) in [6.07, 6.45) is 4.93. The van der Waals surface area contributed by atoms with Crippen LogP contribution in [0, 0.1) is 5.92 Å². The average molecular weight is 658 g/mol. The molecule has 2 heterocycles. The Morgan fingerprint density at radius 1 is 0.830 bits per heavy atom. The van der Waals surface area contributed by atoms with Gasteiger partial charge in [-0.25, -0.2) is 19.2 Å². The molecule has 13 nitrogen and oxygen atoms in total. The van der Waals surface area contributed by atoms with Gasteiger partial charge in [-0.15, -0.1) is 0 Å². The number of nitrogens with one attached hydrogen (secondary N) is 3. The van der Waals surface area contributed by atoms with Gasteiger partial charge in [0.1, 0.15) is 19.3 Å². The molecule has 2 atom stereocenters. The Morgan fingerprint density at radius 2 is 1.34 bits per heavy atom. The van der Waals surface area contributed by atoms with Gasteiger partial charge in [0.05, 0.1) is 5.92 Å². The highest BCUT2D eigenvalue weighted by Gasteiger charge is 2.31. The molecule has 4 N–H and O–H groups in total. The number of amides is 3. The molecule has 0 bridgehead atoms. The maximum atomic E-state index is 11.5. The Balaban J connectivity index is 0.000000285. The number of alkyl carbamates (subject to hydrolysis) is 3. The minimum Gasteiger partial charge on any atom is -0.481 e. The van der Waals surface area contributed by atoms with Crippen LogP contribution in [0.1, 0.15) is 69.4 Å². The number of aliphatic carboxylic acids is 1. The van der Waals surface area contributed by atoms with Crippen molar-refractivity contribution < 1.29 is 48.0 Å². The van der Waals surface area contributed by atoms with Crippen LogP contribution in [0.4, 0.5) is 14.4 Å². The van der Waals surface area contributed by atoms with E-state index in [4.69, 9.17) is 19.3 Å². The van der Waals surface area contributed by atoms with E-state index >= 15 is 0 Å². The van der Waals surface area contributed by atoms with Crippen LogP contribution in [-0.2, 0) is 41.8 Å². The van der Waals surface area contributed by atoms with Gasteiger partial charge in [0, 0.05) is 26.3 Å². The van der Waals surface area contributed by atoms with E-state index in [2.05, 4.69) is 20.7 Å². The molecule has 0 aliphatic carbocycles. The van der Waals surface area contributed by atoms with Crippen molar-refractivity contribution in [2.45, 2.75) is 77.5 Å². The smallest absolute Gasteiger partial charge is 0.415 e. The first-order valence-corrected chi connectivity index (χ1v) is 16.0. The van der Waals surface area contributed by atoms with E-state index in [1.165, 1.54) is 12.8 Å². The summed E-state index contributed by atoms with van der Waals surface area (Å²) < 4.78 is 19.4. The van der Waals surface area contributed by atoms with Gasteiger partial charge in [-0.1, -0.05) is 74.0 Å². The first-order valence-electron chi connectivity index (χ1n) is 16.0. The van der Waals surface area contributed by atoms with Crippen molar-refractivity contribution in [2.75, 3.05) is 26.3 Å². The first-order chi connectivity index (χ1) is 22.7. The van der Waals surface area contributed by atoms with E-state index < -0.39 is 36.3 Å². The third-order valence-corrected chi connectivity index (χ3v) is 6.97. The topological polar surface area (TPSA) is 179 Å². The second kappa shape index (κ2) is 23.7. The lowest BCUT2D eigenvalue weighted by Gasteiger charge is -2.08. The standard InChI is InChI=1S/C15H18N2O5.C15H21NO4.C4H8O/c18-13-12(17-15(20)22-13)8-4-5-9-16-14(19)21-10-11-6-2-1-3-7-11;1-12(14(17)18)7-5-6-10-16-15(19)20-11-13-8-3-2-4-9-13;1-2-4-5-3-1/h1-3,6-7,12H,4-5,8-10H2,(H,16,19)(H,17,20);2-4,8-9,12H,5-7,10-11H2,1H3,(H,16,19)(H,17,18);1-4H2. The van der Waals surface area contributed by atoms with Crippen molar-refractivity contribution in [1.29, 1.82) is 0 Å². The summed E-state index contributed by atoms with van der Waals surface area (Å²) in [5, 5.41) is 16.4. The maximum absolute atomic E-state index is 11.5. The highest BCUT2D eigenvalue weighted by molar-refractivity contribution is 5.95. The zero-order chi connectivity index (χ0) is 34.1. The second-order valence-electron chi connectivity index (χ2n) is 10.9. The van der Waals surface area contributed by atoms with Gasteiger partial charge in [0.15, 0.2) is 0 Å². The molecule has 0 saturated carbocycles. The molecule has 47 heavy (non-hydrogen) atoms. The van der Waals surface area contributed by atoms with Gasteiger partial charge in [-0.05, 0) is 56.1 Å². The van der Waals surface area contributed by atoms with Crippen LogP contribution < -0.4 is 16.0 Å². The van der Waals surface area contributed by atoms with Gasteiger partial charge < -0.3 is 40.0 Å². The van der Waals surface area contributed by atoms with Crippen molar-refractivity contribution in [3.63, 3.8) is 0 Å². The largest absolute Gasteiger partial charge is 0.481 e. The van der Waals surface area contributed by atoms with E-state index in [1.807, 2.05) is 60.7 Å². The fourth-order valence-electron chi connectivity index (χ4n) is 4.20. The van der Waals surface area contributed by atoms with Crippen molar-refractivity contribution in [3.05, 3.63) is 71.8 Å². The number of hydrogen-bond acceptors (Lipinski definition) is 9. The normalized spacial score (nSPS) is 15.4. The number of hydrogen-bond donors (Lipinski definition) is 4. The van der Waals surface area contributed by atoms with Crippen molar-refractivity contribution in [3.8, 4) is 0 Å². The Bertz CT molecular complexity index is 1200. The number of unbranched alkanes of at least 4 members (excludes halogenated alkanes) is 2. The lowest BCUT2D eigenvalue weighted by Crippen LogP contribution is -2.29. The zero-order valence-corrected chi connectivity index (χ0v) is 26.9. The Kier molecular flexibility index (Phi) is 19.4. The Morgan fingerprint density at radius 3 is 1.77 bits per heavy atom. The number of ether oxygens (including phenoxy) is 4. The number of carbonyl (C=O) groups excluding carboxylic acids is 4. The summed E-state index contributed by atoms with van der Waals surface area (Å²) in [5.74, 6) is -1.65. The van der Waals surface area contributed by atoms with Crippen LogP contribution in [0.5, 0.6) is 0 Å². The summed E-state index contributed by atoms with van der Waals surface area (Å²) in [6.45, 7) is 5.11. The SMILES string of the molecule is C1CCOC1.CC(CCCCNC(=O)OCc1ccccc1)C(=O)O.O=C(NCCCCC1NC(=O)OC1=O)OCc1ccccc1. The molecule has 4 rings (SSSR count). The molecule has 0 radical (unpaired) electrons. The highest BCUT2D eigenvalue weighted by Crippen LogP contribution is 2.09. The summed E-state index contributed by atoms with van der Waals surface area (Å²) in [5.41, 5.74) is 1.87. The van der Waals surface area contributed by atoms with Crippen molar-refractivity contribution in [1.82, 2.24) is 16.0 Å². The average Bonchev–Trinajstić information content (AvgIpc) is 3.77. The molecule has 2 aliphatic heterocycles. The predicted octanol–water partition coefficient (Wildman–Crippen LogP) is 5.32. The third-order valence-electron chi connectivity index (χ3n) is 6.97. The van der Waals surface area contributed by atoms with Crippen LogP contribution in [0.2, 0.25) is 0 Å². The van der Waals surface area contributed by atoms with Crippen molar-refractivity contribution in [2.24, 2.45) is 5.92 Å². The predicted molar refractivity (Wildman–Crippen MR) is 172 cm³/mol. The minimum absolute atomic E-state index is 0.229. The van der Waals surface area contributed by atoms with Crippen LogP contribution in [-0.4, -0.2) is 67.7 Å². The number of benzene rings is 2. The van der Waals surface area contributed by atoms with Crippen LogP contribution in [0.3, 0.4) is 0 Å². The van der Waals surface area contributed by atoms with E-state index in [9.17, 15) is 24.0 Å².